The number of halogens is 1. The van der Waals surface area contributed by atoms with E-state index in [1.807, 2.05) is 24.3 Å². The van der Waals surface area contributed by atoms with Gasteiger partial charge in [-0.2, -0.15) is 0 Å². The number of nitrogens with zero attached hydrogens (tertiary/aromatic N) is 1. The number of rotatable bonds is 3. The normalized spacial score (nSPS) is 13.1. The minimum absolute atomic E-state index is 0.381. The first-order valence-corrected chi connectivity index (χ1v) is 7.69. The molecule has 0 saturated heterocycles. The standard InChI is InChI=1S/C15H14BrN3S/c16-10-4-6-11(7-5-10)18-15-12(14(17)20)8-9-2-1-3-13(9)19-15/h4-8H,1-3H2,(H2,17,20)(H,18,19). The second kappa shape index (κ2) is 5.50. The number of thiocarbonyl (C=S) groups is 1. The molecule has 3 rings (SSSR count). The van der Waals surface area contributed by atoms with E-state index >= 15 is 0 Å². The van der Waals surface area contributed by atoms with Gasteiger partial charge in [-0.15, -0.1) is 0 Å². The van der Waals surface area contributed by atoms with Crippen molar-refractivity contribution < 1.29 is 0 Å². The van der Waals surface area contributed by atoms with Crippen LogP contribution >= 0.6 is 28.1 Å². The van der Waals surface area contributed by atoms with Crippen LogP contribution in [0.25, 0.3) is 0 Å². The third-order valence-corrected chi connectivity index (χ3v) is 4.17. The van der Waals surface area contributed by atoms with Crippen LogP contribution in [0.2, 0.25) is 0 Å². The van der Waals surface area contributed by atoms with Crippen molar-refractivity contribution in [3.05, 3.63) is 51.6 Å². The fourth-order valence-corrected chi connectivity index (χ4v) is 2.85. The smallest absolute Gasteiger partial charge is 0.140 e. The van der Waals surface area contributed by atoms with Crippen LogP contribution in [-0.2, 0) is 12.8 Å². The SMILES string of the molecule is NC(=S)c1cc2c(nc1Nc1ccc(Br)cc1)CCC2. The number of nitrogens with two attached hydrogens (primary N) is 1. The summed E-state index contributed by atoms with van der Waals surface area (Å²) in [7, 11) is 0. The number of fused-ring (bicyclic) bond motifs is 1. The fourth-order valence-electron chi connectivity index (χ4n) is 2.43. The lowest BCUT2D eigenvalue weighted by atomic mass is 10.1. The molecule has 0 saturated carbocycles. The zero-order valence-electron chi connectivity index (χ0n) is 10.8. The Labute approximate surface area is 131 Å². The Bertz CT molecular complexity index is 668. The predicted molar refractivity (Wildman–Crippen MR) is 89.6 cm³/mol. The van der Waals surface area contributed by atoms with Crippen molar-refractivity contribution in [2.24, 2.45) is 5.73 Å². The molecule has 3 nitrogen and oxygen atoms in total. The van der Waals surface area contributed by atoms with Gasteiger partial charge in [0.15, 0.2) is 0 Å². The van der Waals surface area contributed by atoms with Gasteiger partial charge in [-0.1, -0.05) is 28.1 Å². The average molecular weight is 348 g/mol. The Morgan fingerprint density at radius 1 is 1.25 bits per heavy atom. The van der Waals surface area contributed by atoms with Crippen molar-refractivity contribution in [2.75, 3.05) is 5.32 Å². The van der Waals surface area contributed by atoms with Crippen LogP contribution in [0.4, 0.5) is 11.5 Å². The molecule has 0 fully saturated rings. The second-order valence-corrected chi connectivity index (χ2v) is 6.20. The van der Waals surface area contributed by atoms with Gasteiger partial charge < -0.3 is 11.1 Å². The minimum atomic E-state index is 0.381. The minimum Gasteiger partial charge on any atom is -0.389 e. The maximum absolute atomic E-state index is 5.83. The molecule has 3 N–H and O–H groups in total. The van der Waals surface area contributed by atoms with Crippen molar-refractivity contribution in [1.82, 2.24) is 4.98 Å². The number of nitrogens with one attached hydrogen (secondary N) is 1. The van der Waals surface area contributed by atoms with Crippen molar-refractivity contribution in [2.45, 2.75) is 19.3 Å². The molecule has 5 heteroatoms. The maximum Gasteiger partial charge on any atom is 0.140 e. The third kappa shape index (κ3) is 2.69. The summed E-state index contributed by atoms with van der Waals surface area (Å²) in [6.07, 6.45) is 3.25. The zero-order chi connectivity index (χ0) is 14.1. The van der Waals surface area contributed by atoms with Crippen LogP contribution < -0.4 is 11.1 Å². The van der Waals surface area contributed by atoms with Gasteiger partial charge in [-0.25, -0.2) is 4.98 Å². The van der Waals surface area contributed by atoms with E-state index in [2.05, 4.69) is 27.3 Å². The topological polar surface area (TPSA) is 50.9 Å². The fraction of sp³-hybridized carbons (Fsp3) is 0.200. The molecule has 20 heavy (non-hydrogen) atoms. The van der Waals surface area contributed by atoms with Crippen molar-refractivity contribution in [3.63, 3.8) is 0 Å². The molecule has 102 valence electrons. The molecule has 0 spiro atoms. The van der Waals surface area contributed by atoms with Crippen molar-refractivity contribution in [3.8, 4) is 0 Å². The molecular weight excluding hydrogens is 334 g/mol. The van der Waals surface area contributed by atoms with Crippen LogP contribution in [-0.4, -0.2) is 9.97 Å². The Hall–Kier alpha value is -1.46. The summed E-state index contributed by atoms with van der Waals surface area (Å²) in [6.45, 7) is 0. The molecule has 0 radical (unpaired) electrons. The summed E-state index contributed by atoms with van der Waals surface area (Å²) in [5.41, 5.74) is 10.1. The Morgan fingerprint density at radius 3 is 2.70 bits per heavy atom. The Kier molecular flexibility index (Phi) is 3.72. The highest BCUT2D eigenvalue weighted by molar-refractivity contribution is 9.10. The van der Waals surface area contributed by atoms with Gasteiger partial charge in [-0.3, -0.25) is 0 Å². The van der Waals surface area contributed by atoms with Gasteiger partial charge in [0.2, 0.25) is 0 Å². The van der Waals surface area contributed by atoms with E-state index in [4.69, 9.17) is 22.9 Å². The highest BCUT2D eigenvalue weighted by Crippen LogP contribution is 2.27. The highest BCUT2D eigenvalue weighted by Gasteiger charge is 2.17. The predicted octanol–water partition coefficient (Wildman–Crippen LogP) is 3.71. The van der Waals surface area contributed by atoms with Crippen molar-refractivity contribution >= 4 is 44.6 Å². The van der Waals surface area contributed by atoms with Crippen molar-refractivity contribution in [1.29, 1.82) is 0 Å². The number of hydrogen-bond acceptors (Lipinski definition) is 3. The summed E-state index contributed by atoms with van der Waals surface area (Å²) in [4.78, 5) is 5.08. The largest absolute Gasteiger partial charge is 0.389 e. The molecule has 1 aliphatic rings. The van der Waals surface area contributed by atoms with Gasteiger partial charge in [0.25, 0.3) is 0 Å². The number of aryl methyl sites for hydroxylation is 2. The van der Waals surface area contributed by atoms with Gasteiger partial charge >= 0.3 is 0 Å². The molecule has 0 bridgehead atoms. The lowest BCUT2D eigenvalue weighted by molar-refractivity contribution is 0.900. The Balaban J connectivity index is 1.99. The molecule has 0 amide bonds. The van der Waals surface area contributed by atoms with Crippen LogP contribution in [0, 0.1) is 0 Å². The lowest BCUT2D eigenvalue weighted by Crippen LogP contribution is -2.14. The lowest BCUT2D eigenvalue weighted by Gasteiger charge is -2.12. The molecule has 1 heterocycles. The van der Waals surface area contributed by atoms with Crippen LogP contribution in [0.1, 0.15) is 23.2 Å². The number of aromatic nitrogens is 1. The quantitative estimate of drug-likeness (QED) is 0.831. The molecular formula is C15H14BrN3S. The van der Waals surface area contributed by atoms with Crippen LogP contribution in [0.15, 0.2) is 34.8 Å². The van der Waals surface area contributed by atoms with Gasteiger partial charge in [0.05, 0.1) is 5.56 Å². The van der Waals surface area contributed by atoms with E-state index in [1.165, 1.54) is 5.56 Å². The number of benzene rings is 1. The average Bonchev–Trinajstić information content (AvgIpc) is 2.87. The first kappa shape index (κ1) is 13.5. The van der Waals surface area contributed by atoms with Gasteiger partial charge in [0, 0.05) is 15.9 Å². The van der Waals surface area contributed by atoms with E-state index < -0.39 is 0 Å². The van der Waals surface area contributed by atoms with E-state index in [0.717, 1.165) is 46.5 Å². The molecule has 1 aliphatic carbocycles. The van der Waals surface area contributed by atoms with E-state index in [0.29, 0.717) is 4.99 Å². The monoisotopic (exact) mass is 347 g/mol. The molecule has 1 aromatic carbocycles. The number of hydrogen-bond donors (Lipinski definition) is 2. The molecule has 2 aromatic rings. The summed E-state index contributed by atoms with van der Waals surface area (Å²) in [5, 5.41) is 3.31. The third-order valence-electron chi connectivity index (χ3n) is 3.42. The molecule has 0 aliphatic heterocycles. The number of pyridine rings is 1. The van der Waals surface area contributed by atoms with Crippen LogP contribution in [0.5, 0.6) is 0 Å². The highest BCUT2D eigenvalue weighted by atomic mass is 79.9. The summed E-state index contributed by atoms with van der Waals surface area (Å²) < 4.78 is 1.04. The summed E-state index contributed by atoms with van der Waals surface area (Å²) in [5.74, 6) is 0.750. The van der Waals surface area contributed by atoms with E-state index in [9.17, 15) is 0 Å². The van der Waals surface area contributed by atoms with E-state index in [-0.39, 0.29) is 0 Å². The summed E-state index contributed by atoms with van der Waals surface area (Å²) in [6, 6.07) is 10.0. The second-order valence-electron chi connectivity index (χ2n) is 4.84. The van der Waals surface area contributed by atoms with Gasteiger partial charge in [0.1, 0.15) is 10.8 Å². The Morgan fingerprint density at radius 2 is 2.00 bits per heavy atom. The number of anilines is 2. The molecule has 0 atom stereocenters. The van der Waals surface area contributed by atoms with Crippen LogP contribution in [0.3, 0.4) is 0 Å². The zero-order valence-corrected chi connectivity index (χ0v) is 13.2. The first-order valence-electron chi connectivity index (χ1n) is 6.48. The maximum atomic E-state index is 5.83. The molecule has 0 unspecified atom stereocenters. The molecule has 1 aromatic heterocycles. The van der Waals surface area contributed by atoms with E-state index in [1.54, 1.807) is 0 Å². The first-order chi connectivity index (χ1) is 9.63. The van der Waals surface area contributed by atoms with Gasteiger partial charge in [-0.05, 0) is 55.2 Å². The summed E-state index contributed by atoms with van der Waals surface area (Å²) >= 11 is 8.57.